The van der Waals surface area contributed by atoms with Crippen molar-refractivity contribution in [3.8, 4) is 11.5 Å². The van der Waals surface area contributed by atoms with Gasteiger partial charge in [0.05, 0.1) is 7.11 Å². The fraction of sp³-hybridized carbons (Fsp3) is 0.300. The van der Waals surface area contributed by atoms with Crippen molar-refractivity contribution in [2.75, 3.05) is 7.11 Å². The molecule has 1 aliphatic carbocycles. The van der Waals surface area contributed by atoms with Gasteiger partial charge in [0.1, 0.15) is 11.6 Å². The fourth-order valence-electron chi connectivity index (χ4n) is 3.37. The molecule has 7 nitrogen and oxygen atoms in total. The molecule has 150 valence electrons. The number of phenolic OH excluding ortho intramolecular Hbond substituents is 2. The van der Waals surface area contributed by atoms with Crippen molar-refractivity contribution in [2.24, 2.45) is 5.73 Å². The summed E-state index contributed by atoms with van der Waals surface area (Å²) in [5, 5.41) is 21.7. The van der Waals surface area contributed by atoms with Gasteiger partial charge in [-0.2, -0.15) is 0 Å². The van der Waals surface area contributed by atoms with Crippen molar-refractivity contribution in [3.05, 3.63) is 59.2 Å². The number of benzene rings is 2. The van der Waals surface area contributed by atoms with Crippen LogP contribution in [-0.4, -0.2) is 40.8 Å². The average molecular weight is 407 g/mol. The van der Waals surface area contributed by atoms with Gasteiger partial charge in [-0.3, -0.25) is 4.79 Å². The molecule has 0 spiro atoms. The number of amides is 1. The third-order valence-electron chi connectivity index (χ3n) is 4.85. The highest BCUT2D eigenvalue weighted by Gasteiger charge is 2.41. The smallest absolute Gasteiger partial charge is 0.328 e. The Hall–Kier alpha value is -2.77. The van der Waals surface area contributed by atoms with Crippen LogP contribution in [0.5, 0.6) is 11.5 Å². The fourth-order valence-corrected chi connectivity index (χ4v) is 3.37. The summed E-state index contributed by atoms with van der Waals surface area (Å²) in [5.41, 5.74) is 7.81. The molecule has 2 aromatic rings. The summed E-state index contributed by atoms with van der Waals surface area (Å²) in [7, 11) is 1.24. The summed E-state index contributed by atoms with van der Waals surface area (Å²) in [6, 6.07) is 10.9. The predicted octanol–water partition coefficient (Wildman–Crippen LogP) is 1.22. The topological polar surface area (TPSA) is 122 Å². The minimum atomic E-state index is -1.13. The van der Waals surface area contributed by atoms with Gasteiger partial charge in [-0.1, -0.05) is 30.3 Å². The van der Waals surface area contributed by atoms with Crippen LogP contribution in [-0.2, 0) is 33.6 Å². The summed E-state index contributed by atoms with van der Waals surface area (Å²) in [5.74, 6) is -1.61. The number of phenols is 2. The average Bonchev–Trinajstić information content (AvgIpc) is 3.01. The first kappa shape index (κ1) is 21.5. The zero-order valence-electron chi connectivity index (χ0n) is 15.3. The standard InChI is InChI=1S/C20H22N2O5.ClH/c1-27-18(25)15(8-12-6-7-16(23)17(24)9-12)22-19(26)20(21)10-13-4-2-3-5-14(13)11-20;/h2-7,9,15,23-24H,8,10-11,21H2,1H3,(H,22,26);1H/t15-;/m1./s1. The van der Waals surface area contributed by atoms with Crippen LogP contribution in [0.15, 0.2) is 42.5 Å². The quantitative estimate of drug-likeness (QED) is 0.437. The van der Waals surface area contributed by atoms with Crippen LogP contribution in [0.25, 0.3) is 0 Å². The SMILES string of the molecule is COC(=O)[C@@H](Cc1ccc(O)c(O)c1)NC(=O)C1(N)Cc2ccccc2C1.Cl. The van der Waals surface area contributed by atoms with E-state index in [4.69, 9.17) is 10.5 Å². The molecule has 5 N–H and O–H groups in total. The Morgan fingerprint density at radius 1 is 1.14 bits per heavy atom. The number of esters is 1. The maximum absolute atomic E-state index is 12.8. The number of fused-ring (bicyclic) bond motifs is 1. The van der Waals surface area contributed by atoms with E-state index in [1.54, 1.807) is 6.07 Å². The van der Waals surface area contributed by atoms with E-state index in [0.29, 0.717) is 18.4 Å². The summed E-state index contributed by atoms with van der Waals surface area (Å²) in [4.78, 5) is 25.0. The summed E-state index contributed by atoms with van der Waals surface area (Å²) in [6.07, 6.45) is 0.876. The molecule has 1 atom stereocenters. The number of nitrogens with one attached hydrogen (secondary N) is 1. The largest absolute Gasteiger partial charge is 0.504 e. The van der Waals surface area contributed by atoms with Crippen LogP contribution >= 0.6 is 12.4 Å². The third kappa shape index (κ3) is 4.37. The van der Waals surface area contributed by atoms with Crippen molar-refractivity contribution in [1.82, 2.24) is 5.32 Å². The van der Waals surface area contributed by atoms with Gasteiger partial charge in [-0.25, -0.2) is 4.79 Å². The molecule has 0 aromatic heterocycles. The number of hydrogen-bond donors (Lipinski definition) is 4. The molecule has 0 fully saturated rings. The van der Waals surface area contributed by atoms with Crippen molar-refractivity contribution in [2.45, 2.75) is 30.8 Å². The van der Waals surface area contributed by atoms with Crippen LogP contribution in [0, 0.1) is 0 Å². The van der Waals surface area contributed by atoms with Gasteiger partial charge in [0, 0.05) is 6.42 Å². The molecule has 0 bridgehead atoms. The number of methoxy groups -OCH3 is 1. The number of carbonyl (C=O) groups is 2. The van der Waals surface area contributed by atoms with Gasteiger partial charge in [0.25, 0.3) is 0 Å². The summed E-state index contributed by atoms with van der Waals surface area (Å²) in [6.45, 7) is 0. The molecule has 0 radical (unpaired) electrons. The lowest BCUT2D eigenvalue weighted by atomic mass is 9.95. The second kappa shape index (κ2) is 8.50. The van der Waals surface area contributed by atoms with E-state index in [1.165, 1.54) is 19.2 Å². The van der Waals surface area contributed by atoms with Crippen LogP contribution in [0.1, 0.15) is 16.7 Å². The van der Waals surface area contributed by atoms with Crippen LogP contribution in [0.2, 0.25) is 0 Å². The van der Waals surface area contributed by atoms with E-state index in [2.05, 4.69) is 5.32 Å². The highest BCUT2D eigenvalue weighted by Crippen LogP contribution is 2.29. The van der Waals surface area contributed by atoms with E-state index >= 15 is 0 Å². The van der Waals surface area contributed by atoms with Gasteiger partial charge < -0.3 is 26.0 Å². The number of rotatable bonds is 5. The summed E-state index contributed by atoms with van der Waals surface area (Å²) < 4.78 is 4.79. The molecule has 3 rings (SSSR count). The van der Waals surface area contributed by atoms with E-state index in [1.807, 2.05) is 24.3 Å². The number of hydrogen-bond acceptors (Lipinski definition) is 6. The highest BCUT2D eigenvalue weighted by molar-refractivity contribution is 5.91. The third-order valence-corrected chi connectivity index (χ3v) is 4.85. The first-order valence-corrected chi connectivity index (χ1v) is 8.58. The molecule has 2 aromatic carbocycles. The van der Waals surface area contributed by atoms with Crippen molar-refractivity contribution in [3.63, 3.8) is 0 Å². The molecule has 1 aliphatic rings. The highest BCUT2D eigenvalue weighted by atomic mass is 35.5. The van der Waals surface area contributed by atoms with E-state index in [0.717, 1.165) is 11.1 Å². The van der Waals surface area contributed by atoms with Gasteiger partial charge in [-0.15, -0.1) is 12.4 Å². The van der Waals surface area contributed by atoms with E-state index < -0.39 is 23.5 Å². The van der Waals surface area contributed by atoms with Gasteiger partial charge in [0.2, 0.25) is 5.91 Å². The summed E-state index contributed by atoms with van der Waals surface area (Å²) >= 11 is 0. The molecule has 28 heavy (non-hydrogen) atoms. The van der Waals surface area contributed by atoms with Gasteiger partial charge >= 0.3 is 5.97 Å². The zero-order chi connectivity index (χ0) is 19.6. The Bertz CT molecular complexity index is 862. The Labute approximate surface area is 168 Å². The van der Waals surface area contributed by atoms with Crippen LogP contribution < -0.4 is 11.1 Å². The van der Waals surface area contributed by atoms with Crippen molar-refractivity contribution < 1.29 is 24.5 Å². The number of halogens is 1. The normalized spacial score (nSPS) is 15.1. The molecule has 0 aliphatic heterocycles. The Morgan fingerprint density at radius 3 is 2.29 bits per heavy atom. The molecular weight excluding hydrogens is 384 g/mol. The molecule has 0 unspecified atom stereocenters. The van der Waals surface area contributed by atoms with E-state index in [-0.39, 0.29) is 30.3 Å². The Kier molecular flexibility index (Phi) is 6.53. The first-order chi connectivity index (χ1) is 12.8. The monoisotopic (exact) mass is 406 g/mol. The maximum atomic E-state index is 12.8. The molecule has 1 amide bonds. The van der Waals surface area contributed by atoms with Crippen molar-refractivity contribution >= 4 is 24.3 Å². The molecule has 0 heterocycles. The molecule has 0 saturated carbocycles. The number of carbonyl (C=O) groups excluding carboxylic acids is 2. The number of ether oxygens (including phenoxy) is 1. The maximum Gasteiger partial charge on any atom is 0.328 e. The second-order valence-electron chi connectivity index (χ2n) is 6.85. The Balaban J connectivity index is 0.00000280. The minimum Gasteiger partial charge on any atom is -0.504 e. The lowest BCUT2D eigenvalue weighted by Gasteiger charge is -2.26. The second-order valence-corrected chi connectivity index (χ2v) is 6.85. The first-order valence-electron chi connectivity index (χ1n) is 8.58. The zero-order valence-corrected chi connectivity index (χ0v) is 16.2. The van der Waals surface area contributed by atoms with Gasteiger partial charge in [-0.05, 0) is 41.7 Å². The van der Waals surface area contributed by atoms with E-state index in [9.17, 15) is 19.8 Å². The molecule has 8 heteroatoms. The predicted molar refractivity (Wildman–Crippen MR) is 105 cm³/mol. The lowest BCUT2D eigenvalue weighted by Crippen LogP contribution is -2.58. The van der Waals surface area contributed by atoms with Crippen molar-refractivity contribution in [1.29, 1.82) is 0 Å². The Morgan fingerprint density at radius 2 is 1.75 bits per heavy atom. The van der Waals surface area contributed by atoms with Crippen LogP contribution in [0.3, 0.4) is 0 Å². The number of nitrogens with two attached hydrogens (primary N) is 1. The molecular formula is C20H23ClN2O5. The van der Waals surface area contributed by atoms with Gasteiger partial charge in [0.15, 0.2) is 11.5 Å². The molecule has 0 saturated heterocycles. The minimum absolute atomic E-state index is 0. The number of aromatic hydroxyl groups is 2. The van der Waals surface area contributed by atoms with Crippen LogP contribution in [0.4, 0.5) is 0 Å². The lowest BCUT2D eigenvalue weighted by molar-refractivity contribution is -0.145.